The summed E-state index contributed by atoms with van der Waals surface area (Å²) in [6, 6.07) is 5.81. The zero-order chi connectivity index (χ0) is 13.2. The number of thiophene rings is 2. The number of hydrogen-bond donors (Lipinski definition) is 0. The van der Waals surface area contributed by atoms with Crippen LogP contribution in [0.1, 0.15) is 34.0 Å². The number of piperidine rings is 1. The van der Waals surface area contributed by atoms with E-state index in [4.69, 9.17) is 11.6 Å². The summed E-state index contributed by atoms with van der Waals surface area (Å²) in [7, 11) is 0. The predicted molar refractivity (Wildman–Crippen MR) is 81.5 cm³/mol. The minimum Gasteiger partial charge on any atom is -0.338 e. The third kappa shape index (κ3) is 2.86. The van der Waals surface area contributed by atoms with Gasteiger partial charge in [-0.25, -0.2) is 0 Å². The molecule has 2 aromatic rings. The molecule has 0 aromatic carbocycles. The lowest BCUT2D eigenvalue weighted by molar-refractivity contribution is 0.0718. The van der Waals surface area contributed by atoms with E-state index >= 15 is 0 Å². The van der Waals surface area contributed by atoms with Gasteiger partial charge in [-0.2, -0.15) is 11.3 Å². The number of rotatable bonds is 2. The monoisotopic (exact) mass is 311 g/mol. The molecule has 1 aliphatic heterocycles. The summed E-state index contributed by atoms with van der Waals surface area (Å²) in [5.74, 6) is 0.739. The summed E-state index contributed by atoms with van der Waals surface area (Å²) in [6.45, 7) is 1.68. The average molecular weight is 312 g/mol. The van der Waals surface area contributed by atoms with Crippen molar-refractivity contribution in [2.24, 2.45) is 0 Å². The number of likely N-dealkylation sites (tertiary alicyclic amines) is 1. The van der Waals surface area contributed by atoms with Gasteiger partial charge in [-0.05, 0) is 53.3 Å². The summed E-state index contributed by atoms with van der Waals surface area (Å²) in [5, 5.41) is 4.35. The Kier molecular flexibility index (Phi) is 3.91. The molecule has 5 heteroatoms. The van der Waals surface area contributed by atoms with E-state index in [0.29, 0.717) is 10.3 Å². The van der Waals surface area contributed by atoms with E-state index < -0.39 is 0 Å². The zero-order valence-corrected chi connectivity index (χ0v) is 12.7. The van der Waals surface area contributed by atoms with Gasteiger partial charge in [-0.15, -0.1) is 11.3 Å². The molecule has 2 nitrogen and oxygen atoms in total. The number of nitrogens with zero attached hydrogens (tertiary/aromatic N) is 1. The quantitative estimate of drug-likeness (QED) is 0.800. The molecular weight excluding hydrogens is 298 g/mol. The normalized spacial score (nSPS) is 16.8. The topological polar surface area (TPSA) is 20.3 Å². The van der Waals surface area contributed by atoms with Crippen molar-refractivity contribution in [3.05, 3.63) is 43.7 Å². The zero-order valence-electron chi connectivity index (χ0n) is 10.3. The second-order valence-corrected chi connectivity index (χ2v) is 7.22. The van der Waals surface area contributed by atoms with Crippen molar-refractivity contribution in [3.8, 4) is 0 Å². The minimum atomic E-state index is 0.126. The molecule has 0 radical (unpaired) electrons. The van der Waals surface area contributed by atoms with Gasteiger partial charge in [0.15, 0.2) is 0 Å². The second-order valence-electron chi connectivity index (χ2n) is 4.73. The fraction of sp³-hybridized carbons (Fsp3) is 0.357. The molecule has 0 aliphatic carbocycles. The number of halogens is 1. The maximum Gasteiger partial charge on any atom is 0.263 e. The molecule has 0 unspecified atom stereocenters. The van der Waals surface area contributed by atoms with Gasteiger partial charge >= 0.3 is 0 Å². The van der Waals surface area contributed by atoms with Crippen LogP contribution in [0, 0.1) is 0 Å². The van der Waals surface area contributed by atoms with Crippen LogP contribution >= 0.6 is 34.3 Å². The molecule has 19 heavy (non-hydrogen) atoms. The fourth-order valence-electron chi connectivity index (χ4n) is 2.51. The van der Waals surface area contributed by atoms with Gasteiger partial charge in [-0.1, -0.05) is 11.6 Å². The third-order valence-corrected chi connectivity index (χ3v) is 5.50. The van der Waals surface area contributed by atoms with Crippen LogP contribution in [0.3, 0.4) is 0 Å². The van der Waals surface area contributed by atoms with E-state index in [1.807, 2.05) is 11.0 Å². The molecule has 1 aliphatic rings. The first-order chi connectivity index (χ1) is 9.24. The SMILES string of the molecule is O=C(c1ccc(Cl)s1)N1CCC(c2ccsc2)CC1. The van der Waals surface area contributed by atoms with Gasteiger partial charge in [0.05, 0.1) is 9.21 Å². The van der Waals surface area contributed by atoms with Crippen LogP contribution < -0.4 is 0 Å². The van der Waals surface area contributed by atoms with E-state index in [0.717, 1.165) is 30.8 Å². The first-order valence-corrected chi connectivity index (χ1v) is 8.44. The Morgan fingerprint density at radius 2 is 2.05 bits per heavy atom. The van der Waals surface area contributed by atoms with Crippen molar-refractivity contribution in [2.75, 3.05) is 13.1 Å². The summed E-state index contributed by atoms with van der Waals surface area (Å²) in [5.41, 5.74) is 1.43. The molecule has 2 aromatic heterocycles. The summed E-state index contributed by atoms with van der Waals surface area (Å²) >= 11 is 8.99. The van der Waals surface area contributed by atoms with Gasteiger partial charge in [0.1, 0.15) is 0 Å². The van der Waals surface area contributed by atoms with Crippen molar-refractivity contribution in [3.63, 3.8) is 0 Å². The minimum absolute atomic E-state index is 0.126. The molecular formula is C14H14ClNOS2. The van der Waals surface area contributed by atoms with Crippen molar-refractivity contribution in [2.45, 2.75) is 18.8 Å². The Morgan fingerprint density at radius 3 is 2.63 bits per heavy atom. The molecule has 0 spiro atoms. The van der Waals surface area contributed by atoms with Crippen LogP contribution in [0.15, 0.2) is 29.0 Å². The average Bonchev–Trinajstić information content (AvgIpc) is 3.09. The molecule has 1 amide bonds. The van der Waals surface area contributed by atoms with Crippen LogP contribution in [-0.2, 0) is 0 Å². The number of carbonyl (C=O) groups is 1. The Morgan fingerprint density at radius 1 is 1.26 bits per heavy atom. The Balaban J connectivity index is 1.62. The largest absolute Gasteiger partial charge is 0.338 e. The van der Waals surface area contributed by atoms with Gasteiger partial charge in [0, 0.05) is 13.1 Å². The number of carbonyl (C=O) groups excluding carboxylic acids is 1. The lowest BCUT2D eigenvalue weighted by atomic mass is 9.91. The molecule has 3 heterocycles. The number of hydrogen-bond acceptors (Lipinski definition) is 3. The third-order valence-electron chi connectivity index (χ3n) is 3.58. The van der Waals surface area contributed by atoms with Crippen LogP contribution in [0.2, 0.25) is 4.34 Å². The van der Waals surface area contributed by atoms with Crippen molar-refractivity contribution >= 4 is 40.2 Å². The van der Waals surface area contributed by atoms with E-state index in [1.165, 1.54) is 16.9 Å². The highest BCUT2D eigenvalue weighted by molar-refractivity contribution is 7.18. The van der Waals surface area contributed by atoms with Gasteiger partial charge in [-0.3, -0.25) is 4.79 Å². The van der Waals surface area contributed by atoms with Gasteiger partial charge in [0.2, 0.25) is 0 Å². The summed E-state index contributed by atoms with van der Waals surface area (Å²) in [6.07, 6.45) is 2.11. The molecule has 0 bridgehead atoms. The number of amides is 1. The Labute approximate surface area is 125 Å². The van der Waals surface area contributed by atoms with Crippen molar-refractivity contribution in [1.82, 2.24) is 4.90 Å². The lowest BCUT2D eigenvalue weighted by Crippen LogP contribution is -2.37. The molecule has 0 N–H and O–H groups in total. The van der Waals surface area contributed by atoms with E-state index in [9.17, 15) is 4.79 Å². The van der Waals surface area contributed by atoms with Crippen molar-refractivity contribution in [1.29, 1.82) is 0 Å². The van der Waals surface area contributed by atoms with Crippen LogP contribution in [0.5, 0.6) is 0 Å². The van der Waals surface area contributed by atoms with Gasteiger partial charge in [0.25, 0.3) is 5.91 Å². The maximum atomic E-state index is 12.3. The molecule has 0 saturated carbocycles. The standard InChI is InChI=1S/C14H14ClNOS2/c15-13-2-1-12(19-13)14(17)16-6-3-10(4-7-16)11-5-8-18-9-11/h1-2,5,8-10H,3-4,6-7H2. The fourth-order valence-corrected chi connectivity index (χ4v) is 4.26. The Bertz CT molecular complexity index is 556. The first-order valence-electron chi connectivity index (χ1n) is 6.31. The molecule has 1 saturated heterocycles. The van der Waals surface area contributed by atoms with Crippen molar-refractivity contribution < 1.29 is 4.79 Å². The molecule has 3 rings (SSSR count). The highest BCUT2D eigenvalue weighted by Crippen LogP contribution is 2.31. The smallest absolute Gasteiger partial charge is 0.263 e. The van der Waals surface area contributed by atoms with E-state index in [1.54, 1.807) is 17.4 Å². The Hall–Kier alpha value is -0.840. The van der Waals surface area contributed by atoms with Gasteiger partial charge < -0.3 is 4.90 Å². The summed E-state index contributed by atoms with van der Waals surface area (Å²) < 4.78 is 0.677. The molecule has 100 valence electrons. The lowest BCUT2D eigenvalue weighted by Gasteiger charge is -2.31. The van der Waals surface area contributed by atoms with E-state index in [-0.39, 0.29) is 5.91 Å². The maximum absolute atomic E-state index is 12.3. The van der Waals surface area contributed by atoms with Crippen LogP contribution in [-0.4, -0.2) is 23.9 Å². The highest BCUT2D eigenvalue weighted by atomic mass is 35.5. The molecule has 1 fully saturated rings. The highest BCUT2D eigenvalue weighted by Gasteiger charge is 2.25. The van der Waals surface area contributed by atoms with Crippen LogP contribution in [0.25, 0.3) is 0 Å². The summed E-state index contributed by atoms with van der Waals surface area (Å²) in [4.78, 5) is 15.0. The van der Waals surface area contributed by atoms with E-state index in [2.05, 4.69) is 16.8 Å². The first kappa shape index (κ1) is 13.2. The predicted octanol–water partition coefficient (Wildman–Crippen LogP) is 4.48. The molecule has 0 atom stereocenters. The van der Waals surface area contributed by atoms with Crippen LogP contribution in [0.4, 0.5) is 0 Å². The second kappa shape index (κ2) is 5.65.